The monoisotopic (exact) mass is 408 g/mol. The van der Waals surface area contributed by atoms with Crippen molar-refractivity contribution in [3.63, 3.8) is 0 Å². The number of aliphatic imine (C=N–C) groups is 1. The molecule has 0 radical (unpaired) electrons. The maximum atomic E-state index is 14.4. The SMILES string of the molecule is CN=C(NCCc1ccc(OC)cc1)NCc1ccc(Oc2cccnc2)c(F)c1. The summed E-state index contributed by atoms with van der Waals surface area (Å²) in [6, 6.07) is 16.3. The fraction of sp³-hybridized carbons (Fsp3) is 0.217. The van der Waals surface area contributed by atoms with E-state index in [-0.39, 0.29) is 5.75 Å². The van der Waals surface area contributed by atoms with Crippen molar-refractivity contribution >= 4 is 5.96 Å². The lowest BCUT2D eigenvalue weighted by Gasteiger charge is -2.13. The third-order valence-electron chi connectivity index (χ3n) is 4.41. The van der Waals surface area contributed by atoms with Gasteiger partial charge in [0.15, 0.2) is 17.5 Å². The second-order valence-corrected chi connectivity index (χ2v) is 6.51. The Labute approximate surface area is 175 Å². The quantitative estimate of drug-likeness (QED) is 0.437. The molecule has 0 bridgehead atoms. The van der Waals surface area contributed by atoms with Crippen LogP contribution in [0.5, 0.6) is 17.2 Å². The van der Waals surface area contributed by atoms with Crippen molar-refractivity contribution in [3.05, 3.63) is 83.9 Å². The predicted molar refractivity (Wildman–Crippen MR) is 116 cm³/mol. The molecule has 0 aliphatic carbocycles. The Morgan fingerprint density at radius 1 is 1.03 bits per heavy atom. The van der Waals surface area contributed by atoms with Crippen molar-refractivity contribution in [1.29, 1.82) is 0 Å². The molecule has 6 nitrogen and oxygen atoms in total. The number of halogens is 1. The van der Waals surface area contributed by atoms with Crippen LogP contribution >= 0.6 is 0 Å². The van der Waals surface area contributed by atoms with E-state index in [2.05, 4.69) is 20.6 Å². The number of ether oxygens (including phenoxy) is 2. The van der Waals surface area contributed by atoms with Gasteiger partial charge in [-0.25, -0.2) is 4.39 Å². The van der Waals surface area contributed by atoms with Crippen LogP contribution in [0.3, 0.4) is 0 Å². The van der Waals surface area contributed by atoms with Gasteiger partial charge >= 0.3 is 0 Å². The molecule has 2 N–H and O–H groups in total. The molecule has 0 aliphatic rings. The van der Waals surface area contributed by atoms with Gasteiger partial charge in [0.1, 0.15) is 11.5 Å². The second-order valence-electron chi connectivity index (χ2n) is 6.51. The molecular formula is C23H25FN4O2. The molecule has 1 aromatic heterocycles. The molecule has 3 rings (SSSR count). The van der Waals surface area contributed by atoms with Gasteiger partial charge in [-0.2, -0.15) is 0 Å². The molecule has 30 heavy (non-hydrogen) atoms. The van der Waals surface area contributed by atoms with E-state index in [1.54, 1.807) is 38.6 Å². The number of rotatable bonds is 8. The molecule has 0 spiro atoms. The van der Waals surface area contributed by atoms with Gasteiger partial charge in [-0.1, -0.05) is 18.2 Å². The summed E-state index contributed by atoms with van der Waals surface area (Å²) in [5.41, 5.74) is 1.98. The summed E-state index contributed by atoms with van der Waals surface area (Å²) in [6.45, 7) is 1.16. The molecule has 1 heterocycles. The molecule has 0 amide bonds. The maximum Gasteiger partial charge on any atom is 0.191 e. The molecule has 156 valence electrons. The third-order valence-corrected chi connectivity index (χ3v) is 4.41. The first-order chi connectivity index (χ1) is 14.7. The van der Waals surface area contributed by atoms with Gasteiger partial charge in [0.05, 0.1) is 13.3 Å². The molecule has 7 heteroatoms. The van der Waals surface area contributed by atoms with Gasteiger partial charge in [-0.15, -0.1) is 0 Å². The van der Waals surface area contributed by atoms with Gasteiger partial charge in [-0.05, 0) is 53.9 Å². The van der Waals surface area contributed by atoms with Crippen molar-refractivity contribution in [2.24, 2.45) is 4.99 Å². The summed E-state index contributed by atoms with van der Waals surface area (Å²) in [6.07, 6.45) is 4.02. The minimum atomic E-state index is -0.430. The van der Waals surface area contributed by atoms with Crippen LogP contribution in [0.1, 0.15) is 11.1 Å². The van der Waals surface area contributed by atoms with E-state index in [0.717, 1.165) is 24.3 Å². The molecule has 3 aromatic rings. The number of hydrogen-bond acceptors (Lipinski definition) is 4. The average molecular weight is 408 g/mol. The van der Waals surface area contributed by atoms with E-state index in [1.807, 2.05) is 30.3 Å². The Kier molecular flexibility index (Phi) is 7.60. The standard InChI is InChI=1S/C23H25FN4O2/c1-25-23(27-13-11-17-5-8-19(29-2)9-6-17)28-15-18-7-10-22(21(24)14-18)30-20-4-3-12-26-16-20/h3-10,12,14,16H,11,13,15H2,1-2H3,(H2,25,27,28). The van der Waals surface area contributed by atoms with Crippen LogP contribution in [0.15, 0.2) is 72.0 Å². The Balaban J connectivity index is 1.47. The predicted octanol–water partition coefficient (Wildman–Crippen LogP) is 3.93. The van der Waals surface area contributed by atoms with Crippen LogP contribution in [0.25, 0.3) is 0 Å². The zero-order valence-electron chi connectivity index (χ0n) is 17.1. The van der Waals surface area contributed by atoms with Gasteiger partial charge in [0.25, 0.3) is 0 Å². The molecular weight excluding hydrogens is 383 g/mol. The van der Waals surface area contributed by atoms with Gasteiger partial charge in [-0.3, -0.25) is 9.98 Å². The summed E-state index contributed by atoms with van der Waals surface area (Å²) in [5.74, 6) is 1.71. The average Bonchev–Trinajstić information content (AvgIpc) is 2.79. The van der Waals surface area contributed by atoms with Crippen molar-refractivity contribution in [1.82, 2.24) is 15.6 Å². The molecule has 0 saturated heterocycles. The van der Waals surface area contributed by atoms with E-state index in [0.29, 0.717) is 18.3 Å². The Hall–Kier alpha value is -3.61. The number of guanidine groups is 1. The van der Waals surface area contributed by atoms with E-state index in [4.69, 9.17) is 9.47 Å². The Bertz CT molecular complexity index is 963. The zero-order valence-corrected chi connectivity index (χ0v) is 17.1. The number of methoxy groups -OCH3 is 1. The fourth-order valence-electron chi connectivity index (χ4n) is 2.80. The number of nitrogens with one attached hydrogen (secondary N) is 2. The molecule has 0 saturated carbocycles. The van der Waals surface area contributed by atoms with E-state index < -0.39 is 5.82 Å². The van der Waals surface area contributed by atoms with Crippen molar-refractivity contribution < 1.29 is 13.9 Å². The highest BCUT2D eigenvalue weighted by Gasteiger charge is 2.07. The van der Waals surface area contributed by atoms with Crippen molar-refractivity contribution in [2.45, 2.75) is 13.0 Å². The highest BCUT2D eigenvalue weighted by Crippen LogP contribution is 2.24. The number of nitrogens with zero attached hydrogens (tertiary/aromatic N) is 2. The zero-order chi connectivity index (χ0) is 21.2. The van der Waals surface area contributed by atoms with Crippen LogP contribution in [0, 0.1) is 5.82 Å². The number of pyridine rings is 1. The minimum Gasteiger partial charge on any atom is -0.497 e. The van der Waals surface area contributed by atoms with Crippen molar-refractivity contribution in [3.8, 4) is 17.2 Å². The highest BCUT2D eigenvalue weighted by molar-refractivity contribution is 5.79. The first-order valence-corrected chi connectivity index (χ1v) is 9.61. The summed E-state index contributed by atoms with van der Waals surface area (Å²) in [4.78, 5) is 8.16. The first kappa shape index (κ1) is 21.1. The molecule has 2 aromatic carbocycles. The smallest absolute Gasteiger partial charge is 0.191 e. The van der Waals surface area contributed by atoms with E-state index in [9.17, 15) is 4.39 Å². The van der Waals surface area contributed by atoms with Crippen molar-refractivity contribution in [2.75, 3.05) is 20.7 Å². The van der Waals surface area contributed by atoms with Gasteiger partial charge < -0.3 is 20.1 Å². The van der Waals surface area contributed by atoms with Gasteiger partial charge in [0.2, 0.25) is 0 Å². The number of aromatic nitrogens is 1. The normalized spacial score (nSPS) is 11.1. The van der Waals surface area contributed by atoms with Crippen LogP contribution < -0.4 is 20.1 Å². The lowest BCUT2D eigenvalue weighted by molar-refractivity contribution is 0.414. The summed E-state index contributed by atoms with van der Waals surface area (Å²) < 4.78 is 25.0. The highest BCUT2D eigenvalue weighted by atomic mass is 19.1. The molecule has 0 aliphatic heterocycles. The van der Waals surface area contributed by atoms with Crippen LogP contribution in [-0.4, -0.2) is 31.6 Å². The van der Waals surface area contributed by atoms with E-state index >= 15 is 0 Å². The minimum absolute atomic E-state index is 0.161. The molecule has 0 unspecified atom stereocenters. The topological polar surface area (TPSA) is 67.8 Å². The first-order valence-electron chi connectivity index (χ1n) is 9.61. The molecule has 0 atom stereocenters. The fourth-order valence-corrected chi connectivity index (χ4v) is 2.80. The van der Waals surface area contributed by atoms with Crippen LogP contribution in [0.4, 0.5) is 4.39 Å². The Morgan fingerprint density at radius 3 is 2.50 bits per heavy atom. The van der Waals surface area contributed by atoms with E-state index in [1.165, 1.54) is 17.8 Å². The third kappa shape index (κ3) is 6.20. The largest absolute Gasteiger partial charge is 0.497 e. The maximum absolute atomic E-state index is 14.4. The van der Waals surface area contributed by atoms with Crippen LogP contribution in [0.2, 0.25) is 0 Å². The summed E-state index contributed by atoms with van der Waals surface area (Å²) >= 11 is 0. The van der Waals surface area contributed by atoms with Crippen LogP contribution in [-0.2, 0) is 13.0 Å². The lowest BCUT2D eigenvalue weighted by atomic mass is 10.1. The Morgan fingerprint density at radius 2 is 1.83 bits per heavy atom. The summed E-state index contributed by atoms with van der Waals surface area (Å²) in [5, 5.41) is 6.45. The lowest BCUT2D eigenvalue weighted by Crippen LogP contribution is -2.37. The second kappa shape index (κ2) is 10.8. The number of hydrogen-bond donors (Lipinski definition) is 2. The molecule has 0 fully saturated rings. The summed E-state index contributed by atoms with van der Waals surface area (Å²) in [7, 11) is 3.35. The van der Waals surface area contributed by atoms with Gasteiger partial charge in [0, 0.05) is 26.3 Å². The number of benzene rings is 2.